The number of carbonyl (C=O) groups excluding carboxylic acids is 1. The van der Waals surface area contributed by atoms with E-state index < -0.39 is 0 Å². The van der Waals surface area contributed by atoms with Crippen molar-refractivity contribution in [1.29, 1.82) is 0 Å². The minimum absolute atomic E-state index is 0.235. The Morgan fingerprint density at radius 2 is 1.79 bits per heavy atom. The molecule has 2 aromatic carbocycles. The number of halogens is 1. The van der Waals surface area contributed by atoms with Crippen LogP contribution in [0.1, 0.15) is 27.4 Å². The van der Waals surface area contributed by atoms with Gasteiger partial charge in [-0.25, -0.2) is 4.52 Å². The van der Waals surface area contributed by atoms with E-state index in [1.54, 1.807) is 4.52 Å². The number of carbonyl (C=O) groups is 1. The average molecular weight is 392 g/mol. The van der Waals surface area contributed by atoms with E-state index in [0.29, 0.717) is 22.1 Å². The minimum atomic E-state index is -0.321. The first-order chi connectivity index (χ1) is 13.4. The third-order valence-electron chi connectivity index (χ3n) is 4.57. The highest BCUT2D eigenvalue weighted by Gasteiger charge is 2.20. The van der Waals surface area contributed by atoms with Crippen molar-refractivity contribution < 1.29 is 4.79 Å². The Morgan fingerprint density at radius 3 is 2.50 bits per heavy atom. The standard InChI is InChI=1S/C21H18ClN5O/c1-12-5-4-6-17(11-12)23-21(28)19-14(3)27-20(25-24-19)18(13(2)26-27)15-7-9-16(22)10-8-15/h4-11H,1-3H3,(H,23,28). The maximum absolute atomic E-state index is 12.7. The predicted molar refractivity (Wildman–Crippen MR) is 110 cm³/mol. The molecule has 7 heteroatoms. The summed E-state index contributed by atoms with van der Waals surface area (Å²) in [6.07, 6.45) is 0. The molecule has 0 aliphatic carbocycles. The molecule has 4 aromatic rings. The number of anilines is 1. The van der Waals surface area contributed by atoms with Crippen LogP contribution in [0.3, 0.4) is 0 Å². The van der Waals surface area contributed by atoms with Gasteiger partial charge in [0.1, 0.15) is 0 Å². The Labute approximate surface area is 167 Å². The molecule has 0 saturated carbocycles. The Kier molecular flexibility index (Phi) is 4.57. The van der Waals surface area contributed by atoms with E-state index in [1.165, 1.54) is 0 Å². The Hall–Kier alpha value is -3.25. The Balaban J connectivity index is 1.75. The van der Waals surface area contributed by atoms with Crippen molar-refractivity contribution in [2.45, 2.75) is 20.8 Å². The first kappa shape index (κ1) is 18.1. The fourth-order valence-corrected chi connectivity index (χ4v) is 3.31. The van der Waals surface area contributed by atoms with Crippen LogP contribution in [-0.4, -0.2) is 25.7 Å². The van der Waals surface area contributed by atoms with E-state index in [9.17, 15) is 4.79 Å². The van der Waals surface area contributed by atoms with Gasteiger partial charge in [0.2, 0.25) is 0 Å². The molecule has 0 aliphatic rings. The van der Waals surface area contributed by atoms with E-state index >= 15 is 0 Å². The van der Waals surface area contributed by atoms with Crippen LogP contribution in [-0.2, 0) is 0 Å². The van der Waals surface area contributed by atoms with Crippen molar-refractivity contribution in [2.24, 2.45) is 0 Å². The number of aromatic nitrogens is 4. The number of rotatable bonds is 3. The van der Waals surface area contributed by atoms with Crippen LogP contribution < -0.4 is 5.32 Å². The molecule has 0 atom stereocenters. The summed E-state index contributed by atoms with van der Waals surface area (Å²) in [7, 11) is 0. The van der Waals surface area contributed by atoms with Gasteiger partial charge in [0.25, 0.3) is 5.91 Å². The second-order valence-corrected chi connectivity index (χ2v) is 7.10. The lowest BCUT2D eigenvalue weighted by Gasteiger charge is -2.08. The minimum Gasteiger partial charge on any atom is -0.321 e. The monoisotopic (exact) mass is 391 g/mol. The Bertz CT molecular complexity index is 1200. The van der Waals surface area contributed by atoms with Crippen LogP contribution in [0.2, 0.25) is 5.02 Å². The molecule has 0 spiro atoms. The molecular weight excluding hydrogens is 374 g/mol. The average Bonchev–Trinajstić information content (AvgIpc) is 3.00. The van der Waals surface area contributed by atoms with Crippen molar-refractivity contribution >= 4 is 28.8 Å². The maximum Gasteiger partial charge on any atom is 0.278 e. The first-order valence-corrected chi connectivity index (χ1v) is 9.18. The van der Waals surface area contributed by atoms with Crippen LogP contribution in [0.15, 0.2) is 48.5 Å². The van der Waals surface area contributed by atoms with Crippen molar-refractivity contribution in [3.8, 4) is 11.1 Å². The number of nitrogens with one attached hydrogen (secondary N) is 1. The van der Waals surface area contributed by atoms with Crippen molar-refractivity contribution in [3.05, 3.63) is 76.2 Å². The molecule has 1 amide bonds. The molecule has 2 heterocycles. The van der Waals surface area contributed by atoms with Crippen LogP contribution in [0, 0.1) is 20.8 Å². The van der Waals surface area contributed by atoms with E-state index in [1.807, 2.05) is 69.3 Å². The third kappa shape index (κ3) is 3.23. The molecule has 0 saturated heterocycles. The molecule has 0 bridgehead atoms. The van der Waals surface area contributed by atoms with Gasteiger partial charge in [0, 0.05) is 10.7 Å². The predicted octanol–water partition coefficient (Wildman–Crippen LogP) is 4.62. The zero-order chi connectivity index (χ0) is 19.8. The summed E-state index contributed by atoms with van der Waals surface area (Å²) in [4.78, 5) is 12.7. The molecule has 28 heavy (non-hydrogen) atoms. The molecule has 0 aliphatic heterocycles. The molecule has 0 fully saturated rings. The number of aryl methyl sites for hydroxylation is 3. The highest BCUT2D eigenvalue weighted by atomic mass is 35.5. The fourth-order valence-electron chi connectivity index (χ4n) is 3.19. The van der Waals surface area contributed by atoms with Gasteiger partial charge in [0.15, 0.2) is 11.3 Å². The Morgan fingerprint density at radius 1 is 1.04 bits per heavy atom. The summed E-state index contributed by atoms with van der Waals surface area (Å²) in [6.45, 7) is 5.69. The van der Waals surface area contributed by atoms with E-state index in [0.717, 1.165) is 22.4 Å². The molecule has 2 aromatic heterocycles. The van der Waals surface area contributed by atoms with E-state index in [2.05, 4.69) is 20.6 Å². The highest BCUT2D eigenvalue weighted by Crippen LogP contribution is 2.28. The third-order valence-corrected chi connectivity index (χ3v) is 4.82. The van der Waals surface area contributed by atoms with Crippen LogP contribution in [0.5, 0.6) is 0 Å². The van der Waals surface area contributed by atoms with E-state index in [4.69, 9.17) is 11.6 Å². The fraction of sp³-hybridized carbons (Fsp3) is 0.143. The molecule has 1 N–H and O–H groups in total. The molecule has 0 unspecified atom stereocenters. The number of amides is 1. The molecule has 4 rings (SSSR count). The van der Waals surface area contributed by atoms with Gasteiger partial charge in [-0.3, -0.25) is 4.79 Å². The quantitative estimate of drug-likeness (QED) is 0.553. The van der Waals surface area contributed by atoms with Crippen molar-refractivity contribution in [1.82, 2.24) is 19.8 Å². The topological polar surface area (TPSA) is 72.2 Å². The lowest BCUT2D eigenvalue weighted by atomic mass is 10.1. The molecule has 6 nitrogen and oxygen atoms in total. The van der Waals surface area contributed by atoms with Gasteiger partial charge in [-0.1, -0.05) is 35.9 Å². The van der Waals surface area contributed by atoms with Gasteiger partial charge in [0.05, 0.1) is 17.0 Å². The lowest BCUT2D eigenvalue weighted by Crippen LogP contribution is -2.18. The summed E-state index contributed by atoms with van der Waals surface area (Å²) in [6, 6.07) is 15.1. The van der Waals surface area contributed by atoms with Gasteiger partial charge in [-0.05, 0) is 56.2 Å². The number of hydrogen-bond acceptors (Lipinski definition) is 4. The van der Waals surface area contributed by atoms with Crippen LogP contribution in [0.25, 0.3) is 16.8 Å². The smallest absolute Gasteiger partial charge is 0.278 e. The summed E-state index contributed by atoms with van der Waals surface area (Å²) in [5.74, 6) is -0.321. The summed E-state index contributed by atoms with van der Waals surface area (Å²) < 4.78 is 1.66. The van der Waals surface area contributed by atoms with Crippen molar-refractivity contribution in [2.75, 3.05) is 5.32 Å². The van der Waals surface area contributed by atoms with Gasteiger partial charge in [-0.15, -0.1) is 10.2 Å². The molecular formula is C21H18ClN5O. The largest absolute Gasteiger partial charge is 0.321 e. The first-order valence-electron chi connectivity index (χ1n) is 8.80. The van der Waals surface area contributed by atoms with E-state index in [-0.39, 0.29) is 11.6 Å². The van der Waals surface area contributed by atoms with Gasteiger partial charge >= 0.3 is 0 Å². The molecule has 0 radical (unpaired) electrons. The summed E-state index contributed by atoms with van der Waals surface area (Å²) >= 11 is 5.99. The molecule has 140 valence electrons. The second kappa shape index (κ2) is 7.05. The second-order valence-electron chi connectivity index (χ2n) is 6.66. The van der Waals surface area contributed by atoms with Gasteiger partial charge < -0.3 is 5.32 Å². The number of hydrogen-bond donors (Lipinski definition) is 1. The zero-order valence-corrected chi connectivity index (χ0v) is 16.4. The number of benzene rings is 2. The summed E-state index contributed by atoms with van der Waals surface area (Å²) in [5, 5.41) is 16.6. The highest BCUT2D eigenvalue weighted by molar-refractivity contribution is 6.30. The van der Waals surface area contributed by atoms with Crippen LogP contribution >= 0.6 is 11.6 Å². The summed E-state index contributed by atoms with van der Waals surface area (Å²) in [5.41, 5.74) is 5.86. The maximum atomic E-state index is 12.7. The normalized spacial score (nSPS) is 11.0. The van der Waals surface area contributed by atoms with Crippen LogP contribution in [0.4, 0.5) is 5.69 Å². The zero-order valence-electron chi connectivity index (χ0n) is 15.7. The number of fused-ring (bicyclic) bond motifs is 1. The van der Waals surface area contributed by atoms with Crippen molar-refractivity contribution in [3.63, 3.8) is 0 Å². The SMILES string of the molecule is Cc1cccc(NC(=O)c2nnc3c(-c4ccc(Cl)cc4)c(C)nn3c2C)c1. The number of nitrogens with zero attached hydrogens (tertiary/aromatic N) is 4. The lowest BCUT2D eigenvalue weighted by molar-refractivity contribution is 0.102. The van der Waals surface area contributed by atoms with Gasteiger partial charge in [-0.2, -0.15) is 5.10 Å².